The smallest absolute Gasteiger partial charge is 0.191 e. The van der Waals surface area contributed by atoms with E-state index in [0.717, 1.165) is 61.5 Å². The van der Waals surface area contributed by atoms with Gasteiger partial charge in [-0.3, -0.25) is 4.99 Å². The normalized spacial score (nSPS) is 17.7. The van der Waals surface area contributed by atoms with E-state index in [2.05, 4.69) is 46.7 Å². The number of aliphatic imine (C=N–C) groups is 1. The standard InChI is InChI=1S/C21H31ClN6O/c1-4-15(16-6-8-17(22)9-7-16)12-24-21(23-5-2)25-18-10-11-20-26-19(14-29-3)27-28(20)13-18/h6-9,15,18H,4-5,10-14H2,1-3H3,(H2,23,24,25). The molecule has 0 bridgehead atoms. The Hall–Kier alpha value is -2.12. The molecule has 2 heterocycles. The summed E-state index contributed by atoms with van der Waals surface area (Å²) < 4.78 is 7.13. The minimum atomic E-state index is 0.271. The van der Waals surface area contributed by atoms with E-state index >= 15 is 0 Å². The summed E-state index contributed by atoms with van der Waals surface area (Å²) in [7, 11) is 1.66. The molecule has 1 aromatic heterocycles. The van der Waals surface area contributed by atoms with Crippen molar-refractivity contribution in [2.45, 2.75) is 58.2 Å². The van der Waals surface area contributed by atoms with Gasteiger partial charge in [0.15, 0.2) is 11.8 Å². The predicted octanol–water partition coefficient (Wildman–Crippen LogP) is 3.14. The van der Waals surface area contributed by atoms with Gasteiger partial charge in [0.05, 0.1) is 6.54 Å². The molecule has 2 aromatic rings. The molecule has 0 radical (unpaired) electrons. The Kier molecular flexibility index (Phi) is 7.89. The van der Waals surface area contributed by atoms with E-state index in [1.54, 1.807) is 7.11 Å². The minimum absolute atomic E-state index is 0.271. The number of fused-ring (bicyclic) bond motifs is 1. The molecule has 29 heavy (non-hydrogen) atoms. The third kappa shape index (κ3) is 5.93. The van der Waals surface area contributed by atoms with Gasteiger partial charge in [-0.05, 0) is 37.5 Å². The van der Waals surface area contributed by atoms with Crippen LogP contribution in [0.15, 0.2) is 29.3 Å². The maximum Gasteiger partial charge on any atom is 0.191 e. The van der Waals surface area contributed by atoms with Crippen molar-refractivity contribution in [3.8, 4) is 0 Å². The van der Waals surface area contributed by atoms with E-state index in [1.807, 2.05) is 16.8 Å². The van der Waals surface area contributed by atoms with Crippen LogP contribution in [-0.4, -0.2) is 47.0 Å². The van der Waals surface area contributed by atoms with Crippen molar-refractivity contribution in [1.82, 2.24) is 25.4 Å². The summed E-state index contributed by atoms with van der Waals surface area (Å²) in [5, 5.41) is 12.3. The second kappa shape index (κ2) is 10.6. The molecule has 0 spiro atoms. The summed E-state index contributed by atoms with van der Waals surface area (Å²) in [6, 6.07) is 8.35. The number of benzene rings is 1. The van der Waals surface area contributed by atoms with Gasteiger partial charge in [-0.25, -0.2) is 9.67 Å². The fourth-order valence-electron chi connectivity index (χ4n) is 3.59. The Balaban J connectivity index is 1.63. The summed E-state index contributed by atoms with van der Waals surface area (Å²) in [6.07, 6.45) is 2.93. The van der Waals surface area contributed by atoms with Crippen LogP contribution in [0.5, 0.6) is 0 Å². The fourth-order valence-corrected chi connectivity index (χ4v) is 3.71. The van der Waals surface area contributed by atoms with E-state index in [1.165, 1.54) is 5.56 Å². The number of methoxy groups -OCH3 is 1. The zero-order valence-electron chi connectivity index (χ0n) is 17.5. The van der Waals surface area contributed by atoms with Crippen LogP contribution < -0.4 is 10.6 Å². The number of ether oxygens (including phenoxy) is 1. The summed E-state index contributed by atoms with van der Waals surface area (Å²) >= 11 is 6.03. The van der Waals surface area contributed by atoms with Crippen LogP contribution in [0, 0.1) is 0 Å². The lowest BCUT2D eigenvalue weighted by Gasteiger charge is -2.25. The number of aromatic nitrogens is 3. The van der Waals surface area contributed by atoms with Gasteiger partial charge >= 0.3 is 0 Å². The molecule has 1 aliphatic heterocycles. The summed E-state index contributed by atoms with van der Waals surface area (Å²) in [4.78, 5) is 9.41. The number of aryl methyl sites for hydroxylation is 1. The Morgan fingerprint density at radius 2 is 2.14 bits per heavy atom. The third-order valence-electron chi connectivity index (χ3n) is 5.16. The summed E-state index contributed by atoms with van der Waals surface area (Å²) in [5.41, 5.74) is 1.27. The van der Waals surface area contributed by atoms with Crippen molar-refractivity contribution in [3.63, 3.8) is 0 Å². The minimum Gasteiger partial charge on any atom is -0.377 e. The van der Waals surface area contributed by atoms with Crippen LogP contribution in [0.1, 0.15) is 49.8 Å². The van der Waals surface area contributed by atoms with Gasteiger partial charge in [0.1, 0.15) is 12.4 Å². The van der Waals surface area contributed by atoms with Crippen LogP contribution in [0.3, 0.4) is 0 Å². The molecule has 3 rings (SSSR count). The van der Waals surface area contributed by atoms with E-state index in [0.29, 0.717) is 12.5 Å². The van der Waals surface area contributed by atoms with Crippen LogP contribution >= 0.6 is 11.6 Å². The van der Waals surface area contributed by atoms with Gasteiger partial charge in [0.25, 0.3) is 0 Å². The van der Waals surface area contributed by atoms with Crippen molar-refractivity contribution < 1.29 is 4.74 Å². The van der Waals surface area contributed by atoms with Crippen LogP contribution in [0.4, 0.5) is 0 Å². The molecule has 8 heteroatoms. The molecular formula is C21H31ClN6O. The molecule has 2 unspecified atom stereocenters. The number of hydrogen-bond acceptors (Lipinski definition) is 4. The quantitative estimate of drug-likeness (QED) is 0.508. The van der Waals surface area contributed by atoms with Crippen molar-refractivity contribution in [3.05, 3.63) is 46.5 Å². The highest BCUT2D eigenvalue weighted by molar-refractivity contribution is 6.30. The Bertz CT molecular complexity index is 804. The number of hydrogen-bond donors (Lipinski definition) is 2. The van der Waals surface area contributed by atoms with Gasteiger partial charge in [-0.2, -0.15) is 5.10 Å². The van der Waals surface area contributed by atoms with E-state index in [-0.39, 0.29) is 6.04 Å². The predicted molar refractivity (Wildman–Crippen MR) is 116 cm³/mol. The first kappa shape index (κ1) is 21.6. The highest BCUT2D eigenvalue weighted by atomic mass is 35.5. The molecule has 1 aromatic carbocycles. The summed E-state index contributed by atoms with van der Waals surface area (Å²) in [5.74, 6) is 3.00. The number of nitrogens with one attached hydrogen (secondary N) is 2. The van der Waals surface area contributed by atoms with Crippen LogP contribution in [0.25, 0.3) is 0 Å². The molecule has 2 atom stereocenters. The Morgan fingerprint density at radius 3 is 2.83 bits per heavy atom. The lowest BCUT2D eigenvalue weighted by Crippen LogP contribution is -2.47. The van der Waals surface area contributed by atoms with Gasteiger partial charge < -0.3 is 15.4 Å². The molecule has 0 aliphatic carbocycles. The molecule has 1 aliphatic rings. The maximum absolute atomic E-state index is 6.03. The van der Waals surface area contributed by atoms with Gasteiger partial charge in [0, 0.05) is 43.6 Å². The zero-order chi connectivity index (χ0) is 20.6. The second-order valence-corrected chi connectivity index (χ2v) is 7.75. The lowest BCUT2D eigenvalue weighted by molar-refractivity contribution is 0.177. The monoisotopic (exact) mass is 418 g/mol. The molecular weight excluding hydrogens is 388 g/mol. The SMILES string of the molecule is CCNC(=NCC(CC)c1ccc(Cl)cc1)NC1CCc2nc(COC)nn2C1. The largest absolute Gasteiger partial charge is 0.377 e. The van der Waals surface area contributed by atoms with Gasteiger partial charge in [0.2, 0.25) is 0 Å². The number of nitrogens with zero attached hydrogens (tertiary/aromatic N) is 4. The second-order valence-electron chi connectivity index (χ2n) is 7.32. The molecule has 7 nitrogen and oxygen atoms in total. The number of rotatable bonds is 8. The topological polar surface area (TPSA) is 76.4 Å². The zero-order valence-corrected chi connectivity index (χ0v) is 18.2. The highest BCUT2D eigenvalue weighted by Crippen LogP contribution is 2.22. The number of halogens is 1. The average Bonchev–Trinajstić information content (AvgIpc) is 3.11. The molecule has 158 valence electrons. The first-order valence-electron chi connectivity index (χ1n) is 10.3. The summed E-state index contributed by atoms with van der Waals surface area (Å²) in [6.45, 7) is 7.06. The van der Waals surface area contributed by atoms with Crippen molar-refractivity contribution in [2.24, 2.45) is 4.99 Å². The first-order valence-corrected chi connectivity index (χ1v) is 10.7. The maximum atomic E-state index is 6.03. The van der Waals surface area contributed by atoms with E-state index in [4.69, 9.17) is 21.3 Å². The lowest BCUT2D eigenvalue weighted by atomic mass is 9.97. The van der Waals surface area contributed by atoms with Crippen molar-refractivity contribution in [2.75, 3.05) is 20.2 Å². The van der Waals surface area contributed by atoms with Gasteiger partial charge in [-0.15, -0.1) is 0 Å². The Morgan fingerprint density at radius 1 is 1.34 bits per heavy atom. The first-order chi connectivity index (χ1) is 14.1. The third-order valence-corrected chi connectivity index (χ3v) is 5.42. The molecule has 0 amide bonds. The van der Waals surface area contributed by atoms with Crippen LogP contribution in [0.2, 0.25) is 5.02 Å². The van der Waals surface area contributed by atoms with Crippen LogP contribution in [-0.2, 0) is 24.3 Å². The fraction of sp³-hybridized carbons (Fsp3) is 0.571. The highest BCUT2D eigenvalue weighted by Gasteiger charge is 2.22. The van der Waals surface area contributed by atoms with E-state index in [9.17, 15) is 0 Å². The van der Waals surface area contributed by atoms with Crippen molar-refractivity contribution in [1.29, 1.82) is 0 Å². The number of guanidine groups is 1. The van der Waals surface area contributed by atoms with E-state index < -0.39 is 0 Å². The molecule has 0 fully saturated rings. The molecule has 0 saturated heterocycles. The molecule has 2 N–H and O–H groups in total. The Labute approximate surface area is 177 Å². The van der Waals surface area contributed by atoms with Gasteiger partial charge in [-0.1, -0.05) is 30.7 Å². The average molecular weight is 419 g/mol. The molecule has 0 saturated carbocycles. The van der Waals surface area contributed by atoms with Crippen molar-refractivity contribution >= 4 is 17.6 Å².